The van der Waals surface area contributed by atoms with E-state index in [9.17, 15) is 9.59 Å². The van der Waals surface area contributed by atoms with Crippen molar-refractivity contribution in [2.45, 2.75) is 43.5 Å². The Hall–Kier alpha value is -2.75. The summed E-state index contributed by atoms with van der Waals surface area (Å²) in [6.07, 6.45) is 5.44. The lowest BCUT2D eigenvalue weighted by Gasteiger charge is -2.15. The average Bonchev–Trinajstić information content (AvgIpc) is 3.51. The maximum atomic E-state index is 13.4. The number of rotatable bonds is 9. The topological polar surface area (TPSA) is 86.1 Å². The number of ether oxygens (including phenoxy) is 1. The molecule has 0 bridgehead atoms. The Kier molecular flexibility index (Phi) is 7.22. The van der Waals surface area contributed by atoms with E-state index in [0.29, 0.717) is 28.5 Å². The lowest BCUT2D eigenvalue weighted by atomic mass is 10.1. The number of nitrogens with zero attached hydrogens (tertiary/aromatic N) is 3. The molecule has 1 aliphatic heterocycles. The van der Waals surface area contributed by atoms with Gasteiger partial charge in [-0.2, -0.15) is 0 Å². The van der Waals surface area contributed by atoms with Gasteiger partial charge in [-0.25, -0.2) is 9.97 Å². The third-order valence-electron chi connectivity index (χ3n) is 5.87. The average molecular weight is 495 g/mol. The molecule has 5 rings (SSSR count). The number of fused-ring (bicyclic) bond motifs is 3. The Bertz CT molecular complexity index is 1350. The number of nitrogens with one attached hydrogen (secondary N) is 1. The number of hydrogen-bond acceptors (Lipinski definition) is 7. The second kappa shape index (κ2) is 10.7. The van der Waals surface area contributed by atoms with Gasteiger partial charge in [0.1, 0.15) is 9.53 Å². The Labute approximate surface area is 205 Å². The van der Waals surface area contributed by atoms with Crippen molar-refractivity contribution in [2.24, 2.45) is 0 Å². The van der Waals surface area contributed by atoms with Gasteiger partial charge in [0.15, 0.2) is 5.16 Å². The van der Waals surface area contributed by atoms with Gasteiger partial charge in [-0.3, -0.25) is 14.2 Å². The summed E-state index contributed by atoms with van der Waals surface area (Å²) < 4.78 is 8.06. The fraction of sp³-hybridized carbons (Fsp3) is 0.360. The summed E-state index contributed by atoms with van der Waals surface area (Å²) in [5, 5.41) is 4.41. The summed E-state index contributed by atoms with van der Waals surface area (Å²) in [6, 6.07) is 14.0. The molecule has 0 saturated carbocycles. The normalized spacial score (nSPS) is 15.8. The third-order valence-corrected chi connectivity index (χ3v) is 7.93. The van der Waals surface area contributed by atoms with Gasteiger partial charge in [-0.1, -0.05) is 42.1 Å². The number of aromatic nitrogens is 3. The van der Waals surface area contributed by atoms with Crippen molar-refractivity contribution in [3.63, 3.8) is 0 Å². The molecule has 3 aromatic heterocycles. The molecule has 7 nitrogen and oxygen atoms in total. The standard InChI is InChI=1S/C25H26N4O3S2/c30-20(26-12-4-9-17-7-2-1-3-8-17)16-33-25-28-21-19-11-5-13-27-23(19)34-22(21)24(31)29(25)15-18-10-6-14-32-18/h1-3,5,7-8,11,13,18H,4,6,9-10,12,14-16H2,(H,26,30)/t18-/m0/s1. The van der Waals surface area contributed by atoms with E-state index in [0.717, 1.165) is 42.5 Å². The van der Waals surface area contributed by atoms with Crippen LogP contribution in [0.4, 0.5) is 0 Å². The number of amides is 1. The Morgan fingerprint density at radius 1 is 1.24 bits per heavy atom. The summed E-state index contributed by atoms with van der Waals surface area (Å²) in [5.41, 5.74) is 1.83. The van der Waals surface area contributed by atoms with Gasteiger partial charge in [-0.05, 0) is 43.4 Å². The van der Waals surface area contributed by atoms with Crippen molar-refractivity contribution < 1.29 is 9.53 Å². The molecular weight excluding hydrogens is 468 g/mol. The van der Waals surface area contributed by atoms with Crippen LogP contribution in [0.2, 0.25) is 0 Å². The van der Waals surface area contributed by atoms with E-state index in [1.807, 2.05) is 30.3 Å². The molecular formula is C25H26N4O3S2. The van der Waals surface area contributed by atoms with Crippen molar-refractivity contribution in [1.82, 2.24) is 19.9 Å². The first-order chi connectivity index (χ1) is 16.7. The molecule has 0 spiro atoms. The molecule has 1 aliphatic rings. The molecule has 1 amide bonds. The minimum absolute atomic E-state index is 0.00406. The molecule has 1 saturated heterocycles. The van der Waals surface area contributed by atoms with Crippen LogP contribution in [0.1, 0.15) is 24.8 Å². The minimum atomic E-state index is -0.0886. The van der Waals surface area contributed by atoms with Crippen molar-refractivity contribution in [3.05, 3.63) is 64.6 Å². The summed E-state index contributed by atoms with van der Waals surface area (Å²) >= 11 is 2.67. The molecule has 1 aromatic carbocycles. The number of pyridine rings is 1. The predicted molar refractivity (Wildman–Crippen MR) is 137 cm³/mol. The highest BCUT2D eigenvalue weighted by Gasteiger charge is 2.22. The molecule has 0 radical (unpaired) electrons. The number of thioether (sulfide) groups is 1. The number of hydrogen-bond donors (Lipinski definition) is 1. The highest BCUT2D eigenvalue weighted by molar-refractivity contribution is 7.99. The number of carbonyl (C=O) groups is 1. The van der Waals surface area contributed by atoms with Gasteiger partial charge < -0.3 is 10.1 Å². The van der Waals surface area contributed by atoms with Gasteiger partial charge in [0.05, 0.1) is 23.9 Å². The van der Waals surface area contributed by atoms with E-state index in [1.165, 1.54) is 28.7 Å². The smallest absolute Gasteiger partial charge is 0.272 e. The maximum absolute atomic E-state index is 13.4. The first-order valence-corrected chi connectivity index (χ1v) is 13.3. The highest BCUT2D eigenvalue weighted by atomic mass is 32.2. The van der Waals surface area contributed by atoms with Gasteiger partial charge in [0.25, 0.3) is 5.56 Å². The van der Waals surface area contributed by atoms with Crippen LogP contribution in [0.15, 0.2) is 58.6 Å². The number of aryl methyl sites for hydroxylation is 1. The Balaban J connectivity index is 1.30. The monoisotopic (exact) mass is 494 g/mol. The second-order valence-corrected chi connectivity index (χ2v) is 10.3. The van der Waals surface area contributed by atoms with Crippen LogP contribution in [0.5, 0.6) is 0 Å². The summed E-state index contributed by atoms with van der Waals surface area (Å²) in [4.78, 5) is 36.0. The van der Waals surface area contributed by atoms with E-state index < -0.39 is 0 Å². The van der Waals surface area contributed by atoms with Crippen LogP contribution in [0.25, 0.3) is 20.4 Å². The van der Waals surface area contributed by atoms with E-state index in [1.54, 1.807) is 10.8 Å². The van der Waals surface area contributed by atoms with Crippen molar-refractivity contribution >= 4 is 49.4 Å². The molecule has 1 N–H and O–H groups in total. The van der Waals surface area contributed by atoms with Crippen molar-refractivity contribution in [3.8, 4) is 0 Å². The SMILES string of the molecule is O=C(CSc1nc2c(sc3ncccc32)c(=O)n1C[C@@H]1CCCO1)NCCCc1ccccc1. The quantitative estimate of drug-likeness (QED) is 0.215. The summed E-state index contributed by atoms with van der Waals surface area (Å²) in [6.45, 7) is 1.78. The predicted octanol–water partition coefficient (Wildman–Crippen LogP) is 4.03. The largest absolute Gasteiger partial charge is 0.376 e. The fourth-order valence-corrected chi connectivity index (χ4v) is 6.01. The molecule has 4 heterocycles. The van der Waals surface area contributed by atoms with Gasteiger partial charge >= 0.3 is 0 Å². The van der Waals surface area contributed by atoms with Gasteiger partial charge in [-0.15, -0.1) is 11.3 Å². The molecule has 1 fully saturated rings. The molecule has 4 aromatic rings. The second-order valence-electron chi connectivity index (χ2n) is 8.31. The van der Waals surface area contributed by atoms with E-state index in [2.05, 4.69) is 22.4 Å². The zero-order valence-electron chi connectivity index (χ0n) is 18.7. The van der Waals surface area contributed by atoms with E-state index >= 15 is 0 Å². The number of benzene rings is 1. The highest BCUT2D eigenvalue weighted by Crippen LogP contribution is 2.30. The zero-order chi connectivity index (χ0) is 23.3. The van der Waals surface area contributed by atoms with Gasteiger partial charge in [0, 0.05) is 24.7 Å². The molecule has 0 aliphatic carbocycles. The lowest BCUT2D eigenvalue weighted by Crippen LogP contribution is -2.30. The lowest BCUT2D eigenvalue weighted by molar-refractivity contribution is -0.118. The minimum Gasteiger partial charge on any atom is -0.376 e. The van der Waals surface area contributed by atoms with Crippen LogP contribution < -0.4 is 10.9 Å². The molecule has 0 unspecified atom stereocenters. The zero-order valence-corrected chi connectivity index (χ0v) is 20.4. The number of thiophene rings is 1. The Morgan fingerprint density at radius 2 is 2.12 bits per heavy atom. The van der Waals surface area contributed by atoms with E-state index in [-0.39, 0.29) is 23.3 Å². The van der Waals surface area contributed by atoms with Crippen LogP contribution >= 0.6 is 23.1 Å². The molecule has 34 heavy (non-hydrogen) atoms. The maximum Gasteiger partial charge on any atom is 0.272 e. The molecule has 9 heteroatoms. The molecule has 1 atom stereocenters. The summed E-state index contributed by atoms with van der Waals surface area (Å²) in [5.74, 6) is 0.141. The first-order valence-electron chi connectivity index (χ1n) is 11.5. The van der Waals surface area contributed by atoms with Gasteiger partial charge in [0.2, 0.25) is 5.91 Å². The van der Waals surface area contributed by atoms with Crippen molar-refractivity contribution in [2.75, 3.05) is 18.9 Å². The van der Waals surface area contributed by atoms with Crippen molar-refractivity contribution in [1.29, 1.82) is 0 Å². The van der Waals surface area contributed by atoms with Crippen LogP contribution in [0.3, 0.4) is 0 Å². The van der Waals surface area contributed by atoms with Crippen LogP contribution in [-0.4, -0.2) is 45.5 Å². The number of carbonyl (C=O) groups excluding carboxylic acids is 1. The van der Waals surface area contributed by atoms with E-state index in [4.69, 9.17) is 9.72 Å². The third kappa shape index (κ3) is 5.16. The van der Waals surface area contributed by atoms with Crippen LogP contribution in [-0.2, 0) is 22.5 Å². The fourth-order valence-electron chi connectivity index (χ4n) is 4.15. The summed E-state index contributed by atoms with van der Waals surface area (Å²) in [7, 11) is 0. The molecule has 176 valence electrons. The Morgan fingerprint density at radius 3 is 2.94 bits per heavy atom. The van der Waals surface area contributed by atoms with Crippen LogP contribution in [0, 0.1) is 0 Å². The first kappa shape index (κ1) is 23.0.